The number of rotatable bonds is 3. The topological polar surface area (TPSA) is 52.5 Å². The largest absolute Gasteiger partial charge is 0.362 e. The molecule has 120 valence electrons. The standard InChI is InChI=1S/C18H22N4S/c1-5-14-8-6-7-11(2)17(14)20-18-22-21-16(10-23-18)15-9-12(3)19-13(15)4/h6-9,19H,5,10H2,1-4H3,(H,20,22). The molecule has 4 nitrogen and oxygen atoms in total. The quantitative estimate of drug-likeness (QED) is 0.887. The number of hydrogen-bond acceptors (Lipinski definition) is 3. The summed E-state index contributed by atoms with van der Waals surface area (Å²) < 4.78 is 0. The number of amidine groups is 1. The third-order valence-corrected chi connectivity index (χ3v) is 4.88. The van der Waals surface area contributed by atoms with Crippen molar-refractivity contribution in [3.63, 3.8) is 0 Å². The van der Waals surface area contributed by atoms with E-state index in [1.54, 1.807) is 11.8 Å². The maximum Gasteiger partial charge on any atom is 0.182 e. The third kappa shape index (κ3) is 3.34. The Bertz CT molecular complexity index is 786. The van der Waals surface area contributed by atoms with Crippen LogP contribution in [-0.2, 0) is 6.42 Å². The number of hydrazone groups is 1. The molecule has 0 aliphatic carbocycles. The normalized spacial score (nSPS) is 16.3. The number of benzene rings is 1. The number of aryl methyl sites for hydroxylation is 4. The lowest BCUT2D eigenvalue weighted by Gasteiger charge is -2.16. The second kappa shape index (κ2) is 6.62. The zero-order valence-corrected chi connectivity index (χ0v) is 14.8. The van der Waals surface area contributed by atoms with E-state index in [1.165, 1.54) is 16.7 Å². The first-order valence-electron chi connectivity index (χ1n) is 7.87. The molecular formula is C18H22N4S. The third-order valence-electron chi connectivity index (χ3n) is 4.01. The van der Waals surface area contributed by atoms with Crippen molar-refractivity contribution in [3.05, 3.63) is 52.3 Å². The van der Waals surface area contributed by atoms with Gasteiger partial charge in [0.1, 0.15) is 0 Å². The van der Waals surface area contributed by atoms with Crippen LogP contribution in [0.5, 0.6) is 0 Å². The van der Waals surface area contributed by atoms with E-state index in [9.17, 15) is 0 Å². The van der Waals surface area contributed by atoms with Gasteiger partial charge in [-0.3, -0.25) is 5.43 Å². The van der Waals surface area contributed by atoms with Crippen LogP contribution >= 0.6 is 11.8 Å². The predicted octanol–water partition coefficient (Wildman–Crippen LogP) is 4.23. The molecule has 2 aromatic rings. The van der Waals surface area contributed by atoms with Crippen molar-refractivity contribution in [2.75, 3.05) is 5.75 Å². The van der Waals surface area contributed by atoms with Crippen LogP contribution in [0.4, 0.5) is 5.69 Å². The van der Waals surface area contributed by atoms with Gasteiger partial charge in [-0.2, -0.15) is 5.10 Å². The number of aromatic nitrogens is 1. The fraction of sp³-hybridized carbons (Fsp3) is 0.333. The second-order valence-corrected chi connectivity index (χ2v) is 6.77. The average molecular weight is 326 g/mol. The van der Waals surface area contributed by atoms with Crippen molar-refractivity contribution in [2.24, 2.45) is 10.1 Å². The molecule has 0 atom stereocenters. The molecule has 2 heterocycles. The molecule has 0 radical (unpaired) electrons. The Morgan fingerprint density at radius 3 is 2.70 bits per heavy atom. The van der Waals surface area contributed by atoms with Gasteiger partial charge in [-0.25, -0.2) is 4.99 Å². The van der Waals surface area contributed by atoms with Crippen molar-refractivity contribution in [3.8, 4) is 0 Å². The molecule has 0 unspecified atom stereocenters. The molecule has 0 spiro atoms. The van der Waals surface area contributed by atoms with Crippen LogP contribution in [0.2, 0.25) is 0 Å². The molecule has 0 fully saturated rings. The van der Waals surface area contributed by atoms with Crippen molar-refractivity contribution >= 4 is 28.3 Å². The Morgan fingerprint density at radius 2 is 2.09 bits per heavy atom. The summed E-state index contributed by atoms with van der Waals surface area (Å²) in [6.45, 7) is 8.41. The van der Waals surface area contributed by atoms with Gasteiger partial charge in [0.25, 0.3) is 0 Å². The maximum atomic E-state index is 4.80. The van der Waals surface area contributed by atoms with Crippen molar-refractivity contribution in [1.82, 2.24) is 10.4 Å². The summed E-state index contributed by atoms with van der Waals surface area (Å²) in [4.78, 5) is 8.13. The summed E-state index contributed by atoms with van der Waals surface area (Å²) in [5.41, 5.74) is 11.2. The van der Waals surface area contributed by atoms with Gasteiger partial charge < -0.3 is 4.98 Å². The predicted molar refractivity (Wildman–Crippen MR) is 100 cm³/mol. The molecule has 0 amide bonds. The summed E-state index contributed by atoms with van der Waals surface area (Å²) in [5.74, 6) is 0.831. The zero-order valence-electron chi connectivity index (χ0n) is 14.0. The Labute approximate surface area is 141 Å². The fourth-order valence-corrected chi connectivity index (χ4v) is 3.56. The number of aliphatic imine (C=N–C) groups is 1. The summed E-state index contributed by atoms with van der Waals surface area (Å²) in [6, 6.07) is 8.48. The average Bonchev–Trinajstić information content (AvgIpc) is 2.88. The lowest BCUT2D eigenvalue weighted by Crippen LogP contribution is -2.25. The van der Waals surface area contributed by atoms with Gasteiger partial charge in [-0.15, -0.1) is 0 Å². The van der Waals surface area contributed by atoms with E-state index in [1.807, 2.05) is 0 Å². The van der Waals surface area contributed by atoms with Gasteiger partial charge in [0, 0.05) is 22.7 Å². The minimum absolute atomic E-state index is 0.831. The first kappa shape index (κ1) is 15.9. The molecule has 1 aromatic heterocycles. The van der Waals surface area contributed by atoms with E-state index in [2.05, 4.69) is 67.5 Å². The smallest absolute Gasteiger partial charge is 0.182 e. The number of hydrogen-bond donors (Lipinski definition) is 2. The SMILES string of the molecule is CCc1cccc(C)c1N=C1NN=C(c2cc(C)[nH]c2C)CS1. The van der Waals surface area contributed by atoms with Crippen LogP contribution in [-0.4, -0.2) is 21.6 Å². The van der Waals surface area contributed by atoms with Crippen LogP contribution in [0.15, 0.2) is 34.4 Å². The fourth-order valence-electron chi connectivity index (χ4n) is 2.80. The lowest BCUT2D eigenvalue weighted by atomic mass is 10.1. The van der Waals surface area contributed by atoms with Gasteiger partial charge in [0.15, 0.2) is 5.17 Å². The molecule has 0 bridgehead atoms. The zero-order chi connectivity index (χ0) is 16.4. The van der Waals surface area contributed by atoms with Gasteiger partial charge in [0.2, 0.25) is 0 Å². The molecule has 0 saturated carbocycles. The highest BCUT2D eigenvalue weighted by Gasteiger charge is 2.16. The number of nitrogens with one attached hydrogen (secondary N) is 2. The number of thioether (sulfide) groups is 1. The molecule has 5 heteroatoms. The number of aromatic amines is 1. The molecule has 1 aliphatic rings. The first-order chi connectivity index (χ1) is 11.1. The molecule has 23 heavy (non-hydrogen) atoms. The Morgan fingerprint density at radius 1 is 1.26 bits per heavy atom. The van der Waals surface area contributed by atoms with E-state index in [-0.39, 0.29) is 0 Å². The molecule has 1 aromatic carbocycles. The highest BCUT2D eigenvalue weighted by molar-refractivity contribution is 8.14. The monoisotopic (exact) mass is 326 g/mol. The van der Waals surface area contributed by atoms with Crippen molar-refractivity contribution < 1.29 is 0 Å². The van der Waals surface area contributed by atoms with Crippen LogP contribution in [0, 0.1) is 20.8 Å². The highest BCUT2D eigenvalue weighted by Crippen LogP contribution is 2.27. The van der Waals surface area contributed by atoms with Gasteiger partial charge in [-0.05, 0) is 44.4 Å². The molecule has 1 aliphatic heterocycles. The summed E-state index contributed by atoms with van der Waals surface area (Å²) in [7, 11) is 0. The minimum atomic E-state index is 0.831. The molecule has 3 rings (SSSR count). The van der Waals surface area contributed by atoms with E-state index >= 15 is 0 Å². The highest BCUT2D eigenvalue weighted by atomic mass is 32.2. The van der Waals surface area contributed by atoms with E-state index in [0.29, 0.717) is 0 Å². The maximum absolute atomic E-state index is 4.80. The lowest BCUT2D eigenvalue weighted by molar-refractivity contribution is 1.03. The van der Waals surface area contributed by atoms with Gasteiger partial charge >= 0.3 is 0 Å². The van der Waals surface area contributed by atoms with Gasteiger partial charge in [0.05, 0.1) is 11.4 Å². The summed E-state index contributed by atoms with van der Waals surface area (Å²) >= 11 is 1.70. The van der Waals surface area contributed by atoms with Crippen LogP contribution < -0.4 is 5.43 Å². The van der Waals surface area contributed by atoms with E-state index < -0.39 is 0 Å². The van der Waals surface area contributed by atoms with Gasteiger partial charge in [-0.1, -0.05) is 36.9 Å². The number of H-pyrrole nitrogens is 1. The van der Waals surface area contributed by atoms with Crippen molar-refractivity contribution in [1.29, 1.82) is 0 Å². The summed E-state index contributed by atoms with van der Waals surface area (Å²) in [5, 5.41) is 5.40. The molecule has 0 saturated heterocycles. The van der Waals surface area contributed by atoms with E-state index in [0.717, 1.165) is 40.1 Å². The van der Waals surface area contributed by atoms with Crippen molar-refractivity contribution in [2.45, 2.75) is 34.1 Å². The number of para-hydroxylation sites is 1. The molecule has 2 N–H and O–H groups in total. The van der Waals surface area contributed by atoms with E-state index in [4.69, 9.17) is 4.99 Å². The van der Waals surface area contributed by atoms with Crippen LogP contribution in [0.1, 0.15) is 35.0 Å². The Hall–Kier alpha value is -2.01. The second-order valence-electron chi connectivity index (χ2n) is 5.80. The number of nitrogens with zero attached hydrogens (tertiary/aromatic N) is 2. The molecular weight excluding hydrogens is 304 g/mol. The first-order valence-corrected chi connectivity index (χ1v) is 8.86. The Balaban J connectivity index is 1.85. The summed E-state index contributed by atoms with van der Waals surface area (Å²) in [6.07, 6.45) is 0.981. The van der Waals surface area contributed by atoms with Crippen LogP contribution in [0.3, 0.4) is 0 Å². The Kier molecular flexibility index (Phi) is 4.57. The minimum Gasteiger partial charge on any atom is -0.362 e. The van der Waals surface area contributed by atoms with Crippen LogP contribution in [0.25, 0.3) is 0 Å².